The molecule has 1 amide bonds. The van der Waals surface area contributed by atoms with Gasteiger partial charge in [0.15, 0.2) is 0 Å². The molecule has 0 unspecified atom stereocenters. The SMILES string of the molecule is COC(=O)/C=C(\Nc1ccccc1)C(N)=O. The topological polar surface area (TPSA) is 81.4 Å². The smallest absolute Gasteiger partial charge is 0.332 e. The Labute approximate surface area is 92.9 Å². The number of anilines is 1. The van der Waals surface area contributed by atoms with Crippen LogP contribution in [0.1, 0.15) is 0 Å². The van der Waals surface area contributed by atoms with Gasteiger partial charge >= 0.3 is 5.97 Å². The van der Waals surface area contributed by atoms with E-state index in [1.165, 1.54) is 7.11 Å². The highest BCUT2D eigenvalue weighted by Gasteiger charge is 2.07. The van der Waals surface area contributed by atoms with Crippen molar-refractivity contribution in [3.63, 3.8) is 0 Å². The maximum absolute atomic E-state index is 11.0. The van der Waals surface area contributed by atoms with Crippen molar-refractivity contribution in [2.75, 3.05) is 12.4 Å². The van der Waals surface area contributed by atoms with Gasteiger partial charge in [0, 0.05) is 5.69 Å². The molecule has 3 N–H and O–H groups in total. The highest BCUT2D eigenvalue weighted by atomic mass is 16.5. The van der Waals surface area contributed by atoms with Crippen LogP contribution in [0.15, 0.2) is 42.1 Å². The lowest BCUT2D eigenvalue weighted by molar-refractivity contribution is -0.135. The average molecular weight is 220 g/mol. The summed E-state index contributed by atoms with van der Waals surface area (Å²) >= 11 is 0. The fourth-order valence-corrected chi connectivity index (χ4v) is 1.02. The number of carbonyl (C=O) groups excluding carboxylic acids is 2. The number of amides is 1. The lowest BCUT2D eigenvalue weighted by Crippen LogP contribution is -2.21. The van der Waals surface area contributed by atoms with E-state index in [2.05, 4.69) is 10.1 Å². The Balaban J connectivity index is 2.85. The van der Waals surface area contributed by atoms with Crippen LogP contribution in [0.3, 0.4) is 0 Å². The minimum atomic E-state index is -0.728. The minimum absolute atomic E-state index is 0.0157. The first-order valence-corrected chi connectivity index (χ1v) is 4.55. The third-order valence-corrected chi connectivity index (χ3v) is 1.78. The molecule has 1 aromatic rings. The number of esters is 1. The second-order valence-corrected chi connectivity index (χ2v) is 2.94. The number of primary amides is 1. The number of para-hydroxylation sites is 1. The molecule has 0 aromatic heterocycles. The van der Waals surface area contributed by atoms with Gasteiger partial charge in [-0.05, 0) is 12.1 Å². The van der Waals surface area contributed by atoms with E-state index in [1.54, 1.807) is 24.3 Å². The molecule has 0 heterocycles. The van der Waals surface area contributed by atoms with Gasteiger partial charge in [-0.3, -0.25) is 4.79 Å². The summed E-state index contributed by atoms with van der Waals surface area (Å²) in [5.41, 5.74) is 5.76. The molecule has 16 heavy (non-hydrogen) atoms. The van der Waals surface area contributed by atoms with Crippen LogP contribution in [-0.2, 0) is 14.3 Å². The normalized spacial score (nSPS) is 10.7. The Hall–Kier alpha value is -2.30. The fraction of sp³-hybridized carbons (Fsp3) is 0.0909. The summed E-state index contributed by atoms with van der Waals surface area (Å²) in [6, 6.07) is 8.90. The van der Waals surface area contributed by atoms with Crippen molar-refractivity contribution in [3.05, 3.63) is 42.1 Å². The summed E-state index contributed by atoms with van der Waals surface area (Å²) in [7, 11) is 1.22. The van der Waals surface area contributed by atoms with Crippen molar-refractivity contribution in [3.8, 4) is 0 Å². The number of carbonyl (C=O) groups is 2. The zero-order valence-corrected chi connectivity index (χ0v) is 8.77. The maximum atomic E-state index is 11.0. The van der Waals surface area contributed by atoms with Crippen LogP contribution in [-0.4, -0.2) is 19.0 Å². The van der Waals surface area contributed by atoms with Gasteiger partial charge in [-0.1, -0.05) is 18.2 Å². The Morgan fingerprint density at radius 1 is 1.31 bits per heavy atom. The molecule has 0 radical (unpaired) electrons. The van der Waals surface area contributed by atoms with Crippen molar-refractivity contribution >= 4 is 17.6 Å². The summed E-state index contributed by atoms with van der Waals surface area (Å²) in [5, 5.41) is 2.73. The summed E-state index contributed by atoms with van der Waals surface area (Å²) in [5.74, 6) is -1.37. The number of methoxy groups -OCH3 is 1. The number of benzene rings is 1. The lowest BCUT2D eigenvalue weighted by Gasteiger charge is -2.06. The van der Waals surface area contributed by atoms with Gasteiger partial charge in [-0.15, -0.1) is 0 Å². The Morgan fingerprint density at radius 3 is 2.44 bits per heavy atom. The van der Waals surface area contributed by atoms with Crippen LogP contribution in [0.4, 0.5) is 5.69 Å². The standard InChI is InChI=1S/C11H12N2O3/c1-16-10(14)7-9(11(12)15)13-8-5-3-2-4-6-8/h2-7,13H,1H3,(H2,12,15)/b9-7-. The van der Waals surface area contributed by atoms with Gasteiger partial charge < -0.3 is 15.8 Å². The quantitative estimate of drug-likeness (QED) is 0.576. The van der Waals surface area contributed by atoms with E-state index < -0.39 is 11.9 Å². The van der Waals surface area contributed by atoms with Crippen LogP contribution in [0.5, 0.6) is 0 Å². The summed E-state index contributed by atoms with van der Waals surface area (Å²) in [4.78, 5) is 22.0. The number of ether oxygens (including phenoxy) is 1. The highest BCUT2D eigenvalue weighted by Crippen LogP contribution is 2.08. The number of hydrogen-bond donors (Lipinski definition) is 2. The Bertz CT molecular complexity index is 412. The molecule has 0 aliphatic rings. The zero-order chi connectivity index (χ0) is 12.0. The molecule has 0 spiro atoms. The number of nitrogens with one attached hydrogen (secondary N) is 1. The van der Waals surface area contributed by atoms with Crippen LogP contribution >= 0.6 is 0 Å². The molecule has 1 aromatic carbocycles. The number of rotatable bonds is 4. The molecule has 0 aliphatic heterocycles. The molecule has 84 valence electrons. The van der Waals surface area contributed by atoms with Crippen LogP contribution in [0, 0.1) is 0 Å². The summed E-state index contributed by atoms with van der Waals surface area (Å²) < 4.78 is 4.41. The van der Waals surface area contributed by atoms with Crippen molar-refractivity contribution in [2.24, 2.45) is 5.73 Å². The Morgan fingerprint density at radius 2 is 1.94 bits per heavy atom. The van der Waals surface area contributed by atoms with Crippen molar-refractivity contribution in [1.29, 1.82) is 0 Å². The first-order valence-electron chi connectivity index (χ1n) is 4.55. The number of hydrogen-bond acceptors (Lipinski definition) is 4. The Kier molecular flexibility index (Phi) is 4.08. The summed E-state index contributed by atoms with van der Waals surface area (Å²) in [6.45, 7) is 0. The molecular formula is C11H12N2O3. The predicted octanol–water partition coefficient (Wildman–Crippen LogP) is 0.641. The van der Waals surface area contributed by atoms with Crippen LogP contribution in [0.25, 0.3) is 0 Å². The molecule has 1 rings (SSSR count). The molecule has 0 fully saturated rings. The van der Waals surface area contributed by atoms with Crippen molar-refractivity contribution in [2.45, 2.75) is 0 Å². The van der Waals surface area contributed by atoms with E-state index in [0.717, 1.165) is 6.08 Å². The molecule has 5 nitrogen and oxygen atoms in total. The van der Waals surface area contributed by atoms with Gasteiger partial charge in [0.2, 0.25) is 0 Å². The molecule has 5 heteroatoms. The average Bonchev–Trinajstić information content (AvgIpc) is 2.29. The van der Waals surface area contributed by atoms with E-state index in [9.17, 15) is 9.59 Å². The minimum Gasteiger partial charge on any atom is -0.466 e. The second-order valence-electron chi connectivity index (χ2n) is 2.94. The van der Waals surface area contributed by atoms with E-state index in [4.69, 9.17) is 5.73 Å². The molecule has 0 atom stereocenters. The van der Waals surface area contributed by atoms with E-state index >= 15 is 0 Å². The highest BCUT2D eigenvalue weighted by molar-refractivity contribution is 6.00. The second kappa shape index (κ2) is 5.55. The molecule has 0 saturated heterocycles. The van der Waals surface area contributed by atoms with Gasteiger partial charge in [-0.2, -0.15) is 0 Å². The van der Waals surface area contributed by atoms with Crippen LogP contribution in [0.2, 0.25) is 0 Å². The monoisotopic (exact) mass is 220 g/mol. The van der Waals surface area contributed by atoms with Gasteiger partial charge in [0.05, 0.1) is 13.2 Å². The molecule has 0 bridgehead atoms. The number of nitrogens with two attached hydrogens (primary N) is 1. The van der Waals surface area contributed by atoms with Gasteiger partial charge in [-0.25, -0.2) is 4.79 Å². The van der Waals surface area contributed by atoms with Crippen molar-refractivity contribution < 1.29 is 14.3 Å². The van der Waals surface area contributed by atoms with Gasteiger partial charge in [0.1, 0.15) is 5.70 Å². The largest absolute Gasteiger partial charge is 0.466 e. The predicted molar refractivity (Wildman–Crippen MR) is 59.4 cm³/mol. The van der Waals surface area contributed by atoms with Gasteiger partial charge in [0.25, 0.3) is 5.91 Å². The third-order valence-electron chi connectivity index (χ3n) is 1.78. The van der Waals surface area contributed by atoms with Crippen molar-refractivity contribution in [1.82, 2.24) is 0 Å². The van der Waals surface area contributed by atoms with Crippen LogP contribution < -0.4 is 11.1 Å². The first kappa shape index (κ1) is 11.8. The molecule has 0 saturated carbocycles. The molecule has 0 aliphatic carbocycles. The first-order chi connectivity index (χ1) is 7.63. The third kappa shape index (κ3) is 3.45. The maximum Gasteiger partial charge on any atom is 0.332 e. The molecular weight excluding hydrogens is 208 g/mol. The lowest BCUT2D eigenvalue weighted by atomic mass is 10.3. The van der Waals surface area contributed by atoms with E-state index in [1.807, 2.05) is 6.07 Å². The van der Waals surface area contributed by atoms with E-state index in [0.29, 0.717) is 5.69 Å². The summed E-state index contributed by atoms with van der Waals surface area (Å²) in [6.07, 6.45) is 1.01. The fourth-order valence-electron chi connectivity index (χ4n) is 1.02. The van der Waals surface area contributed by atoms with E-state index in [-0.39, 0.29) is 5.70 Å². The zero-order valence-electron chi connectivity index (χ0n) is 8.77.